The minimum absolute atomic E-state index is 0.237. The molecule has 1 atom stereocenters. The van der Waals surface area contributed by atoms with Crippen molar-refractivity contribution in [1.29, 1.82) is 0 Å². The van der Waals surface area contributed by atoms with E-state index in [-0.39, 0.29) is 6.10 Å². The average Bonchev–Trinajstić information content (AvgIpc) is 2.58. The van der Waals surface area contributed by atoms with Gasteiger partial charge in [0.05, 0.1) is 11.7 Å². The van der Waals surface area contributed by atoms with Crippen molar-refractivity contribution in [3.8, 4) is 5.75 Å². The molecule has 92 valence electrons. The molecule has 2 N–H and O–H groups in total. The van der Waals surface area contributed by atoms with Gasteiger partial charge in [-0.15, -0.1) is 0 Å². The minimum atomic E-state index is -0.907. The van der Waals surface area contributed by atoms with E-state index in [1.54, 1.807) is 24.3 Å². The molecule has 0 aromatic heterocycles. The summed E-state index contributed by atoms with van der Waals surface area (Å²) in [6.07, 6.45) is 3.41. The molecule has 17 heavy (non-hydrogen) atoms. The summed E-state index contributed by atoms with van der Waals surface area (Å²) >= 11 is 0. The van der Waals surface area contributed by atoms with Gasteiger partial charge in [-0.1, -0.05) is 0 Å². The third kappa shape index (κ3) is 3.46. The smallest absolute Gasteiger partial charge is 0.335 e. The van der Waals surface area contributed by atoms with E-state index in [1.165, 1.54) is 0 Å². The summed E-state index contributed by atoms with van der Waals surface area (Å²) in [6.45, 7) is 2.04. The molecule has 0 aliphatic carbocycles. The van der Waals surface area contributed by atoms with Crippen molar-refractivity contribution in [3.63, 3.8) is 0 Å². The zero-order valence-corrected chi connectivity index (χ0v) is 9.69. The van der Waals surface area contributed by atoms with Crippen molar-refractivity contribution in [2.45, 2.75) is 25.4 Å². The Morgan fingerprint density at radius 3 is 2.71 bits per heavy atom. The van der Waals surface area contributed by atoms with E-state index in [2.05, 4.69) is 5.32 Å². The number of rotatable bonds is 3. The molecule has 4 nitrogen and oxygen atoms in total. The van der Waals surface area contributed by atoms with Crippen LogP contribution in [0.1, 0.15) is 29.6 Å². The first kappa shape index (κ1) is 11.9. The Morgan fingerprint density at radius 2 is 2.00 bits per heavy atom. The van der Waals surface area contributed by atoms with Crippen LogP contribution in [-0.4, -0.2) is 30.3 Å². The molecule has 4 heteroatoms. The molecule has 1 unspecified atom stereocenters. The third-order valence-corrected chi connectivity index (χ3v) is 2.93. The fourth-order valence-electron chi connectivity index (χ4n) is 1.97. The maximum Gasteiger partial charge on any atom is 0.335 e. The second-order valence-corrected chi connectivity index (χ2v) is 4.25. The monoisotopic (exact) mass is 235 g/mol. The molecule has 1 aromatic rings. The zero-order valence-electron chi connectivity index (χ0n) is 9.69. The van der Waals surface area contributed by atoms with Gasteiger partial charge in [0.15, 0.2) is 0 Å². The highest BCUT2D eigenvalue weighted by Gasteiger charge is 2.13. The van der Waals surface area contributed by atoms with Crippen LogP contribution in [0, 0.1) is 0 Å². The number of carboxylic acid groups (broad SMARTS) is 1. The van der Waals surface area contributed by atoms with Gasteiger partial charge < -0.3 is 15.2 Å². The summed E-state index contributed by atoms with van der Waals surface area (Å²) in [5.74, 6) is -0.155. The van der Waals surface area contributed by atoms with Gasteiger partial charge in [-0.2, -0.15) is 0 Å². The van der Waals surface area contributed by atoms with Crippen molar-refractivity contribution in [2.24, 2.45) is 0 Å². The van der Waals surface area contributed by atoms with Gasteiger partial charge in [0, 0.05) is 0 Å². The lowest BCUT2D eigenvalue weighted by Gasteiger charge is -2.16. The van der Waals surface area contributed by atoms with Gasteiger partial charge in [0.2, 0.25) is 0 Å². The Labute approximate surface area is 101 Å². The number of ether oxygens (including phenoxy) is 1. The highest BCUT2D eigenvalue weighted by atomic mass is 16.5. The molecule has 1 saturated heterocycles. The van der Waals surface area contributed by atoms with E-state index in [1.807, 2.05) is 0 Å². The quantitative estimate of drug-likeness (QED) is 0.840. The van der Waals surface area contributed by atoms with E-state index >= 15 is 0 Å². The van der Waals surface area contributed by atoms with Crippen LogP contribution in [0.5, 0.6) is 5.75 Å². The zero-order chi connectivity index (χ0) is 12.1. The van der Waals surface area contributed by atoms with Gasteiger partial charge in [0.1, 0.15) is 5.75 Å². The van der Waals surface area contributed by atoms with Crippen LogP contribution in [0.15, 0.2) is 24.3 Å². The largest absolute Gasteiger partial charge is 0.490 e. The molecule has 2 rings (SSSR count). The van der Waals surface area contributed by atoms with Crippen LogP contribution in [-0.2, 0) is 0 Å². The number of benzene rings is 1. The van der Waals surface area contributed by atoms with Crippen LogP contribution in [0.25, 0.3) is 0 Å². The minimum Gasteiger partial charge on any atom is -0.490 e. The number of hydrogen-bond acceptors (Lipinski definition) is 3. The average molecular weight is 235 g/mol. The fraction of sp³-hybridized carbons (Fsp3) is 0.462. The molecule has 0 saturated carbocycles. The van der Waals surface area contributed by atoms with E-state index in [0.717, 1.165) is 38.1 Å². The van der Waals surface area contributed by atoms with Gasteiger partial charge in [-0.3, -0.25) is 0 Å². The van der Waals surface area contributed by atoms with Crippen LogP contribution in [0.2, 0.25) is 0 Å². The predicted molar refractivity (Wildman–Crippen MR) is 64.5 cm³/mol. The van der Waals surface area contributed by atoms with E-state index in [9.17, 15) is 4.79 Å². The highest BCUT2D eigenvalue weighted by Crippen LogP contribution is 2.18. The predicted octanol–water partition coefficient (Wildman–Crippen LogP) is 1.91. The molecule has 1 aromatic carbocycles. The maximum atomic E-state index is 10.7. The van der Waals surface area contributed by atoms with Crippen molar-refractivity contribution >= 4 is 5.97 Å². The summed E-state index contributed by atoms with van der Waals surface area (Å²) in [5, 5.41) is 12.1. The van der Waals surface area contributed by atoms with Gasteiger partial charge in [-0.05, 0) is 56.6 Å². The van der Waals surface area contributed by atoms with Crippen LogP contribution in [0.3, 0.4) is 0 Å². The van der Waals surface area contributed by atoms with Crippen LogP contribution >= 0.6 is 0 Å². The Morgan fingerprint density at radius 1 is 1.24 bits per heavy atom. The number of carboxylic acids is 1. The lowest BCUT2D eigenvalue weighted by Crippen LogP contribution is -2.19. The van der Waals surface area contributed by atoms with Crippen molar-refractivity contribution < 1.29 is 14.6 Å². The number of carbonyl (C=O) groups is 1. The molecule has 0 radical (unpaired) electrons. The lowest BCUT2D eigenvalue weighted by molar-refractivity contribution is 0.0697. The molecule has 0 spiro atoms. The van der Waals surface area contributed by atoms with Crippen molar-refractivity contribution in [2.75, 3.05) is 13.1 Å². The maximum absolute atomic E-state index is 10.7. The summed E-state index contributed by atoms with van der Waals surface area (Å²) < 4.78 is 5.84. The Bertz CT molecular complexity index is 367. The second kappa shape index (κ2) is 5.68. The fourth-order valence-corrected chi connectivity index (χ4v) is 1.97. The molecule has 0 bridgehead atoms. The number of hydrogen-bond donors (Lipinski definition) is 2. The molecular weight excluding hydrogens is 218 g/mol. The summed E-state index contributed by atoms with van der Waals surface area (Å²) in [4.78, 5) is 10.7. The molecular formula is C13H17NO3. The molecule has 0 amide bonds. The van der Waals surface area contributed by atoms with Crippen molar-refractivity contribution in [3.05, 3.63) is 29.8 Å². The Hall–Kier alpha value is -1.55. The molecule has 1 heterocycles. The topological polar surface area (TPSA) is 58.6 Å². The normalized spacial score (nSPS) is 20.6. The first-order valence-electron chi connectivity index (χ1n) is 5.96. The van der Waals surface area contributed by atoms with E-state index < -0.39 is 5.97 Å². The standard InChI is InChI=1S/C13H17NO3/c15-13(16)10-3-5-12(6-4-10)17-11-2-1-8-14-9-7-11/h3-6,11,14H,1-2,7-9H2,(H,15,16). The molecule has 1 fully saturated rings. The molecule has 1 aliphatic rings. The summed E-state index contributed by atoms with van der Waals surface area (Å²) in [7, 11) is 0. The lowest BCUT2D eigenvalue weighted by atomic mass is 10.1. The summed E-state index contributed by atoms with van der Waals surface area (Å²) in [5.41, 5.74) is 0.292. The number of aromatic carboxylic acids is 1. The Balaban J connectivity index is 1.95. The summed E-state index contributed by atoms with van der Waals surface area (Å²) in [6, 6.07) is 6.60. The Kier molecular flexibility index (Phi) is 3.98. The van der Waals surface area contributed by atoms with Crippen LogP contribution < -0.4 is 10.1 Å². The highest BCUT2D eigenvalue weighted by molar-refractivity contribution is 5.87. The second-order valence-electron chi connectivity index (χ2n) is 4.25. The van der Waals surface area contributed by atoms with Crippen LogP contribution in [0.4, 0.5) is 0 Å². The number of nitrogens with one attached hydrogen (secondary N) is 1. The first-order chi connectivity index (χ1) is 8.25. The van der Waals surface area contributed by atoms with Gasteiger partial charge >= 0.3 is 5.97 Å². The first-order valence-corrected chi connectivity index (χ1v) is 5.96. The van der Waals surface area contributed by atoms with Crippen molar-refractivity contribution in [1.82, 2.24) is 5.32 Å². The van der Waals surface area contributed by atoms with Gasteiger partial charge in [-0.25, -0.2) is 4.79 Å². The molecule has 1 aliphatic heterocycles. The third-order valence-electron chi connectivity index (χ3n) is 2.93. The van der Waals surface area contributed by atoms with Gasteiger partial charge in [0.25, 0.3) is 0 Å². The van der Waals surface area contributed by atoms with E-state index in [4.69, 9.17) is 9.84 Å². The SMILES string of the molecule is O=C(O)c1ccc(OC2CCCNCC2)cc1. The van der Waals surface area contributed by atoms with E-state index in [0.29, 0.717) is 5.56 Å².